The Morgan fingerprint density at radius 1 is 0.967 bits per heavy atom. The second-order valence-electron chi connectivity index (χ2n) is 9.51. The van der Waals surface area contributed by atoms with Crippen LogP contribution in [0.1, 0.15) is 50.5 Å². The number of benzene rings is 1. The highest BCUT2D eigenvalue weighted by atomic mass is 16.2. The maximum atomic E-state index is 12.8. The van der Waals surface area contributed by atoms with E-state index >= 15 is 0 Å². The molecule has 2 saturated carbocycles. The summed E-state index contributed by atoms with van der Waals surface area (Å²) in [6.07, 6.45) is 7.11. The summed E-state index contributed by atoms with van der Waals surface area (Å²) in [5.74, 6) is 0.357. The van der Waals surface area contributed by atoms with Gasteiger partial charge in [0.15, 0.2) is 0 Å². The van der Waals surface area contributed by atoms with Gasteiger partial charge in [0, 0.05) is 25.2 Å². The molecule has 0 radical (unpaired) electrons. The molecule has 1 aromatic carbocycles. The molecule has 4 aliphatic rings. The van der Waals surface area contributed by atoms with E-state index in [1.807, 2.05) is 18.2 Å². The van der Waals surface area contributed by atoms with Crippen LogP contribution in [0.15, 0.2) is 24.3 Å². The number of carbonyl (C=O) groups excluding carboxylic acids is 3. The number of likely N-dealkylation sites (tertiary alicyclic amines) is 2. The Kier molecular flexibility index (Phi) is 5.35. The lowest BCUT2D eigenvalue weighted by atomic mass is 9.81. The normalized spacial score (nSPS) is 30.7. The molecule has 6 heteroatoms. The van der Waals surface area contributed by atoms with E-state index in [1.165, 1.54) is 24.2 Å². The molecule has 1 aromatic rings. The quantitative estimate of drug-likeness (QED) is 0.734. The van der Waals surface area contributed by atoms with Crippen LogP contribution in [0, 0.1) is 23.7 Å². The van der Waals surface area contributed by atoms with E-state index in [0.29, 0.717) is 11.8 Å². The van der Waals surface area contributed by atoms with Crippen LogP contribution in [0.4, 0.5) is 5.69 Å². The Bertz CT molecular complexity index is 820. The number of imide groups is 1. The number of anilines is 1. The third-order valence-corrected chi connectivity index (χ3v) is 7.72. The third kappa shape index (κ3) is 3.55. The summed E-state index contributed by atoms with van der Waals surface area (Å²) < 4.78 is 0. The number of nitrogens with one attached hydrogen (secondary N) is 1. The minimum Gasteiger partial charge on any atom is -0.326 e. The van der Waals surface area contributed by atoms with Gasteiger partial charge in [-0.15, -0.1) is 0 Å². The van der Waals surface area contributed by atoms with E-state index < -0.39 is 0 Å². The molecule has 2 bridgehead atoms. The number of para-hydroxylation sites is 1. The fourth-order valence-electron chi connectivity index (χ4n) is 6.26. The SMILES string of the molecule is O=C(CCN1C(=O)[C@@H]2[C@H]3CC[C@@H](C3)[C@H]2C1=O)Nc1ccccc1CN1CCCCC1. The third-order valence-electron chi connectivity index (χ3n) is 7.72. The molecular formula is C24H31N3O3. The molecule has 4 fully saturated rings. The second-order valence-corrected chi connectivity index (χ2v) is 9.51. The second kappa shape index (κ2) is 8.14. The summed E-state index contributed by atoms with van der Waals surface area (Å²) in [4.78, 5) is 42.1. The molecule has 4 atom stereocenters. The number of hydrogen-bond acceptors (Lipinski definition) is 4. The number of amides is 3. The van der Waals surface area contributed by atoms with Crippen LogP contribution < -0.4 is 5.32 Å². The highest BCUT2D eigenvalue weighted by molar-refractivity contribution is 6.06. The maximum Gasteiger partial charge on any atom is 0.233 e. The van der Waals surface area contributed by atoms with Crippen molar-refractivity contribution in [2.45, 2.75) is 51.5 Å². The fourth-order valence-corrected chi connectivity index (χ4v) is 6.26. The van der Waals surface area contributed by atoms with Gasteiger partial charge in [-0.05, 0) is 68.7 Å². The Labute approximate surface area is 178 Å². The van der Waals surface area contributed by atoms with Gasteiger partial charge in [-0.2, -0.15) is 0 Å². The molecule has 30 heavy (non-hydrogen) atoms. The zero-order valence-corrected chi connectivity index (χ0v) is 17.5. The van der Waals surface area contributed by atoms with Crippen LogP contribution in [-0.4, -0.2) is 47.2 Å². The van der Waals surface area contributed by atoms with Crippen molar-refractivity contribution >= 4 is 23.4 Å². The van der Waals surface area contributed by atoms with Gasteiger partial charge in [0.1, 0.15) is 0 Å². The Morgan fingerprint density at radius 3 is 2.33 bits per heavy atom. The number of fused-ring (bicyclic) bond motifs is 5. The van der Waals surface area contributed by atoms with E-state index in [1.54, 1.807) is 0 Å². The van der Waals surface area contributed by atoms with E-state index in [-0.39, 0.29) is 42.5 Å². The minimum atomic E-state index is -0.137. The van der Waals surface area contributed by atoms with Gasteiger partial charge in [0.25, 0.3) is 0 Å². The van der Waals surface area contributed by atoms with Crippen LogP contribution in [0.2, 0.25) is 0 Å². The van der Waals surface area contributed by atoms with Crippen molar-refractivity contribution in [3.8, 4) is 0 Å². The number of nitrogens with zero attached hydrogens (tertiary/aromatic N) is 2. The summed E-state index contributed by atoms with van der Waals surface area (Å²) in [5, 5.41) is 3.02. The first-order chi connectivity index (χ1) is 14.6. The van der Waals surface area contributed by atoms with Crippen molar-refractivity contribution in [2.24, 2.45) is 23.7 Å². The first-order valence-electron chi connectivity index (χ1n) is 11.6. The molecule has 2 aliphatic heterocycles. The molecule has 2 saturated heterocycles. The highest BCUT2D eigenvalue weighted by Gasteiger charge is 2.60. The van der Waals surface area contributed by atoms with Gasteiger partial charge in [0.2, 0.25) is 17.7 Å². The lowest BCUT2D eigenvalue weighted by Gasteiger charge is -2.27. The van der Waals surface area contributed by atoms with Crippen LogP contribution in [0.25, 0.3) is 0 Å². The Hall–Kier alpha value is -2.21. The molecule has 3 amide bonds. The summed E-state index contributed by atoms with van der Waals surface area (Å²) in [5.41, 5.74) is 1.95. The largest absolute Gasteiger partial charge is 0.326 e. The average Bonchev–Trinajstić information content (AvgIpc) is 3.43. The van der Waals surface area contributed by atoms with Crippen molar-refractivity contribution < 1.29 is 14.4 Å². The smallest absolute Gasteiger partial charge is 0.233 e. The van der Waals surface area contributed by atoms with Gasteiger partial charge >= 0.3 is 0 Å². The van der Waals surface area contributed by atoms with Crippen molar-refractivity contribution in [2.75, 3.05) is 25.0 Å². The molecule has 0 unspecified atom stereocenters. The van der Waals surface area contributed by atoms with Crippen molar-refractivity contribution in [3.63, 3.8) is 0 Å². The highest BCUT2D eigenvalue weighted by Crippen LogP contribution is 2.56. The van der Waals surface area contributed by atoms with Crippen LogP contribution in [0.5, 0.6) is 0 Å². The fraction of sp³-hybridized carbons (Fsp3) is 0.625. The van der Waals surface area contributed by atoms with Crippen molar-refractivity contribution in [1.82, 2.24) is 9.80 Å². The molecule has 2 aliphatic carbocycles. The van der Waals surface area contributed by atoms with Gasteiger partial charge in [-0.3, -0.25) is 24.2 Å². The minimum absolute atomic E-state index is 0.0319. The zero-order chi connectivity index (χ0) is 20.7. The standard InChI is InChI=1S/C24H31N3O3/c28-20(25-19-7-3-2-6-18(19)15-26-11-4-1-5-12-26)10-13-27-23(29)21-16-8-9-17(14-16)22(21)24(27)30/h2-3,6-7,16-17,21-22H,1,4-5,8-15H2,(H,25,28)/t16-,17-,21+,22+/m0/s1. The molecule has 5 rings (SSSR count). The summed E-state index contributed by atoms with van der Waals surface area (Å²) in [6, 6.07) is 7.93. The van der Waals surface area contributed by atoms with Gasteiger partial charge in [-0.25, -0.2) is 0 Å². The topological polar surface area (TPSA) is 69.7 Å². The Morgan fingerprint density at radius 2 is 1.63 bits per heavy atom. The number of carbonyl (C=O) groups is 3. The molecule has 2 heterocycles. The predicted molar refractivity (Wildman–Crippen MR) is 113 cm³/mol. The van der Waals surface area contributed by atoms with Crippen LogP contribution >= 0.6 is 0 Å². The monoisotopic (exact) mass is 409 g/mol. The molecule has 0 aromatic heterocycles. The first-order valence-corrected chi connectivity index (χ1v) is 11.6. The zero-order valence-electron chi connectivity index (χ0n) is 17.5. The van der Waals surface area contributed by atoms with Crippen LogP contribution in [-0.2, 0) is 20.9 Å². The van der Waals surface area contributed by atoms with Gasteiger partial charge in [0.05, 0.1) is 11.8 Å². The summed E-state index contributed by atoms with van der Waals surface area (Å²) in [6.45, 7) is 3.24. The average molecular weight is 410 g/mol. The van der Waals surface area contributed by atoms with Crippen molar-refractivity contribution in [3.05, 3.63) is 29.8 Å². The molecule has 1 N–H and O–H groups in total. The maximum absolute atomic E-state index is 12.8. The van der Waals surface area contributed by atoms with E-state index in [0.717, 1.165) is 50.1 Å². The van der Waals surface area contributed by atoms with Crippen molar-refractivity contribution in [1.29, 1.82) is 0 Å². The molecule has 160 valence electrons. The first kappa shape index (κ1) is 19.7. The summed E-state index contributed by atoms with van der Waals surface area (Å²) in [7, 11) is 0. The van der Waals surface area contributed by atoms with E-state index in [4.69, 9.17) is 0 Å². The summed E-state index contributed by atoms with van der Waals surface area (Å²) >= 11 is 0. The molecule has 0 spiro atoms. The lowest BCUT2D eigenvalue weighted by molar-refractivity contribution is -0.140. The van der Waals surface area contributed by atoms with Crippen LogP contribution in [0.3, 0.4) is 0 Å². The number of piperidine rings is 1. The predicted octanol–water partition coefficient (Wildman–Crippen LogP) is 3.03. The number of hydrogen-bond donors (Lipinski definition) is 1. The lowest BCUT2D eigenvalue weighted by Crippen LogP contribution is -2.35. The molecule has 6 nitrogen and oxygen atoms in total. The number of rotatable bonds is 6. The van der Waals surface area contributed by atoms with E-state index in [2.05, 4.69) is 16.3 Å². The Balaban J connectivity index is 1.18. The van der Waals surface area contributed by atoms with E-state index in [9.17, 15) is 14.4 Å². The van der Waals surface area contributed by atoms with Gasteiger partial charge < -0.3 is 5.32 Å². The van der Waals surface area contributed by atoms with Gasteiger partial charge in [-0.1, -0.05) is 24.6 Å². The molecular weight excluding hydrogens is 378 g/mol.